The lowest BCUT2D eigenvalue weighted by atomic mass is 10.1. The number of pyridine rings is 2. The molecule has 0 atom stereocenters. The molecule has 10 nitrogen and oxygen atoms in total. The zero-order valence-corrected chi connectivity index (χ0v) is 24.2. The molecule has 0 bridgehead atoms. The van der Waals surface area contributed by atoms with Gasteiger partial charge in [0.25, 0.3) is 11.5 Å². The minimum Gasteiger partial charge on any atom is -0.493 e. The maximum atomic E-state index is 15.4. The molecule has 1 N–H and O–H groups in total. The molecule has 0 fully saturated rings. The van der Waals surface area contributed by atoms with E-state index in [1.807, 2.05) is 19.1 Å². The highest BCUT2D eigenvalue weighted by Crippen LogP contribution is 2.48. The second-order valence-corrected chi connectivity index (χ2v) is 9.84. The van der Waals surface area contributed by atoms with Gasteiger partial charge in [0.05, 0.1) is 24.6 Å². The number of carbonyl (C=O) groups is 1. The van der Waals surface area contributed by atoms with Crippen LogP contribution in [0.4, 0.5) is 10.1 Å². The van der Waals surface area contributed by atoms with Crippen LogP contribution in [0.15, 0.2) is 77.9 Å². The molecule has 5 aromatic rings. The quantitative estimate of drug-likeness (QED) is 0.230. The van der Waals surface area contributed by atoms with Gasteiger partial charge in [-0.05, 0) is 50.2 Å². The number of aryl methyl sites for hydroxylation is 1. The predicted octanol–water partition coefficient (Wildman–Crippen LogP) is 6.06. The number of benzene rings is 3. The van der Waals surface area contributed by atoms with Crippen molar-refractivity contribution in [3.05, 3.63) is 100 Å². The van der Waals surface area contributed by atoms with E-state index in [1.165, 1.54) is 30.0 Å². The Balaban J connectivity index is 1.30. The first-order valence-electron chi connectivity index (χ1n) is 13.9. The Morgan fingerprint density at radius 1 is 0.977 bits per heavy atom. The van der Waals surface area contributed by atoms with Crippen LogP contribution in [0.3, 0.4) is 0 Å². The molecule has 1 aliphatic rings. The maximum absolute atomic E-state index is 15.4. The van der Waals surface area contributed by atoms with Gasteiger partial charge in [-0.25, -0.2) is 4.39 Å². The van der Waals surface area contributed by atoms with Gasteiger partial charge < -0.3 is 29.0 Å². The van der Waals surface area contributed by atoms with E-state index in [9.17, 15) is 9.59 Å². The third-order valence-electron chi connectivity index (χ3n) is 6.97. The number of rotatable bonds is 8. The van der Waals surface area contributed by atoms with Crippen LogP contribution in [0.25, 0.3) is 16.6 Å². The normalized spacial score (nSPS) is 12.1. The van der Waals surface area contributed by atoms with E-state index in [1.54, 1.807) is 43.5 Å². The molecule has 224 valence electrons. The summed E-state index contributed by atoms with van der Waals surface area (Å²) in [6, 6.07) is 16.1. The van der Waals surface area contributed by atoms with E-state index < -0.39 is 17.3 Å². The highest BCUT2D eigenvalue weighted by Gasteiger charge is 2.25. The van der Waals surface area contributed by atoms with Crippen molar-refractivity contribution in [3.8, 4) is 40.2 Å². The molecule has 0 aliphatic carbocycles. The molecule has 6 rings (SSSR count). The molecule has 0 spiro atoms. The SMILES string of the molecule is CCOc1ccn(-c2ccc(C)cc2)c(=O)c1C(=O)Nc1ccc(Oc2ccnc3cc(OC)c4c(c23)OCCO4)c(F)c1. The summed E-state index contributed by atoms with van der Waals surface area (Å²) < 4.78 is 45.4. The molecule has 3 heterocycles. The van der Waals surface area contributed by atoms with Gasteiger partial charge in [-0.1, -0.05) is 17.7 Å². The lowest BCUT2D eigenvalue weighted by Crippen LogP contribution is -2.29. The lowest BCUT2D eigenvalue weighted by Gasteiger charge is -2.23. The fraction of sp³-hybridized carbons (Fsp3) is 0.182. The number of fused-ring (bicyclic) bond motifs is 3. The molecule has 0 saturated carbocycles. The van der Waals surface area contributed by atoms with Crippen molar-refractivity contribution >= 4 is 22.5 Å². The Morgan fingerprint density at radius 2 is 1.75 bits per heavy atom. The number of nitrogens with zero attached hydrogens (tertiary/aromatic N) is 2. The van der Waals surface area contributed by atoms with Crippen LogP contribution in [-0.4, -0.2) is 42.4 Å². The second kappa shape index (κ2) is 12.0. The summed E-state index contributed by atoms with van der Waals surface area (Å²) in [7, 11) is 1.52. The van der Waals surface area contributed by atoms with Crippen molar-refractivity contribution < 1.29 is 32.9 Å². The van der Waals surface area contributed by atoms with E-state index in [4.69, 9.17) is 23.7 Å². The molecule has 44 heavy (non-hydrogen) atoms. The highest BCUT2D eigenvalue weighted by molar-refractivity contribution is 6.06. The van der Waals surface area contributed by atoms with Gasteiger partial charge in [0.1, 0.15) is 30.3 Å². The van der Waals surface area contributed by atoms with E-state index in [0.29, 0.717) is 47.1 Å². The van der Waals surface area contributed by atoms with Gasteiger partial charge in [0, 0.05) is 35.9 Å². The Bertz CT molecular complexity index is 1940. The molecular weight excluding hydrogens is 569 g/mol. The van der Waals surface area contributed by atoms with E-state index in [2.05, 4.69) is 10.3 Å². The zero-order valence-electron chi connectivity index (χ0n) is 24.2. The van der Waals surface area contributed by atoms with Crippen LogP contribution in [0, 0.1) is 12.7 Å². The number of carbonyl (C=O) groups excluding carboxylic acids is 1. The molecule has 3 aromatic carbocycles. The number of nitrogens with one attached hydrogen (secondary N) is 1. The molecule has 1 aliphatic heterocycles. The van der Waals surface area contributed by atoms with Gasteiger partial charge in [-0.15, -0.1) is 0 Å². The Morgan fingerprint density at radius 3 is 2.48 bits per heavy atom. The lowest BCUT2D eigenvalue weighted by molar-refractivity contribution is 0.102. The summed E-state index contributed by atoms with van der Waals surface area (Å²) in [5, 5.41) is 3.11. The van der Waals surface area contributed by atoms with Crippen molar-refractivity contribution in [1.29, 1.82) is 0 Å². The summed E-state index contributed by atoms with van der Waals surface area (Å²) in [5.41, 5.74) is 1.46. The van der Waals surface area contributed by atoms with Crippen molar-refractivity contribution in [3.63, 3.8) is 0 Å². The molecule has 1 amide bonds. The number of aromatic nitrogens is 2. The third kappa shape index (κ3) is 5.35. The first-order chi connectivity index (χ1) is 21.4. The van der Waals surface area contributed by atoms with E-state index in [-0.39, 0.29) is 35.1 Å². The number of amides is 1. The predicted molar refractivity (Wildman–Crippen MR) is 162 cm³/mol. The number of ether oxygens (including phenoxy) is 5. The van der Waals surface area contributed by atoms with Gasteiger partial charge >= 0.3 is 0 Å². The molecule has 0 radical (unpaired) electrons. The Labute approximate surface area is 251 Å². The van der Waals surface area contributed by atoms with Crippen LogP contribution in [0.5, 0.6) is 34.5 Å². The average molecular weight is 598 g/mol. The van der Waals surface area contributed by atoms with Crippen molar-refractivity contribution in [2.24, 2.45) is 0 Å². The molecule has 0 saturated heterocycles. The topological polar surface area (TPSA) is 110 Å². The summed E-state index contributed by atoms with van der Waals surface area (Å²) in [6.45, 7) is 4.59. The first kappa shape index (κ1) is 28.5. The van der Waals surface area contributed by atoms with Crippen LogP contribution < -0.4 is 34.6 Å². The van der Waals surface area contributed by atoms with Crippen molar-refractivity contribution in [2.75, 3.05) is 32.2 Å². The maximum Gasteiger partial charge on any atom is 0.271 e. The Hall–Kier alpha value is -5.58. The van der Waals surface area contributed by atoms with Gasteiger partial charge in [0.2, 0.25) is 5.75 Å². The summed E-state index contributed by atoms with van der Waals surface area (Å²) in [4.78, 5) is 31.2. The fourth-order valence-electron chi connectivity index (χ4n) is 4.90. The molecular formula is C33H28FN3O7. The number of methoxy groups -OCH3 is 1. The first-order valence-corrected chi connectivity index (χ1v) is 13.9. The van der Waals surface area contributed by atoms with Crippen molar-refractivity contribution in [2.45, 2.75) is 13.8 Å². The van der Waals surface area contributed by atoms with Crippen LogP contribution in [0.1, 0.15) is 22.8 Å². The molecule has 0 unspecified atom stereocenters. The summed E-state index contributed by atoms with van der Waals surface area (Å²) in [5.74, 6) is 0.0757. The summed E-state index contributed by atoms with van der Waals surface area (Å²) >= 11 is 0. The van der Waals surface area contributed by atoms with E-state index in [0.717, 1.165) is 11.6 Å². The van der Waals surface area contributed by atoms with Gasteiger partial charge in [-0.3, -0.25) is 19.1 Å². The minimum absolute atomic E-state index is 0.103. The van der Waals surface area contributed by atoms with Crippen LogP contribution in [0.2, 0.25) is 0 Å². The van der Waals surface area contributed by atoms with E-state index >= 15 is 4.39 Å². The highest BCUT2D eigenvalue weighted by atomic mass is 19.1. The second-order valence-electron chi connectivity index (χ2n) is 9.84. The third-order valence-corrected chi connectivity index (χ3v) is 6.97. The minimum atomic E-state index is -0.748. The number of hydrogen-bond donors (Lipinski definition) is 1. The van der Waals surface area contributed by atoms with Gasteiger partial charge in [0.15, 0.2) is 23.1 Å². The fourth-order valence-corrected chi connectivity index (χ4v) is 4.90. The zero-order chi connectivity index (χ0) is 30.8. The molecule has 11 heteroatoms. The number of hydrogen-bond acceptors (Lipinski definition) is 8. The monoisotopic (exact) mass is 597 g/mol. The standard InChI is InChI=1S/C33H28FN3O7/c1-4-41-25-12-14-37(21-8-5-19(2)6-9-21)33(39)29(25)32(38)36-20-7-10-24(22(34)17-20)44-26-11-13-35-23-18-27(40-3)30-31(28(23)26)43-16-15-42-30/h5-14,17-18H,4,15-16H2,1-3H3,(H,36,38). The van der Waals surface area contributed by atoms with Crippen molar-refractivity contribution in [1.82, 2.24) is 9.55 Å². The average Bonchev–Trinajstić information content (AvgIpc) is 3.02. The summed E-state index contributed by atoms with van der Waals surface area (Å²) in [6.07, 6.45) is 3.08. The number of anilines is 1. The smallest absolute Gasteiger partial charge is 0.271 e. The largest absolute Gasteiger partial charge is 0.493 e. The van der Waals surface area contributed by atoms with Gasteiger partial charge in [-0.2, -0.15) is 0 Å². The Kier molecular flexibility index (Phi) is 7.76. The van der Waals surface area contributed by atoms with Crippen LogP contribution in [-0.2, 0) is 0 Å². The van der Waals surface area contributed by atoms with Crippen LogP contribution >= 0.6 is 0 Å². The molecule has 2 aromatic heterocycles. The number of halogens is 1.